The monoisotopic (exact) mass is 375 g/mol. The van der Waals surface area contributed by atoms with Gasteiger partial charge in [-0.2, -0.15) is 0 Å². The summed E-state index contributed by atoms with van der Waals surface area (Å²) in [5.74, 6) is -2.08. The van der Waals surface area contributed by atoms with Crippen LogP contribution in [0.4, 0.5) is 4.79 Å². The third-order valence-corrected chi connectivity index (χ3v) is 6.59. The van der Waals surface area contributed by atoms with Gasteiger partial charge < -0.3 is 15.3 Å². The predicted octanol–water partition coefficient (Wildman–Crippen LogP) is 0.795. The number of thioether (sulfide) groups is 1. The number of fused-ring (bicyclic) bond motifs is 1. The van der Waals surface area contributed by atoms with Gasteiger partial charge in [0.2, 0.25) is 0 Å². The second-order valence-electron chi connectivity index (χ2n) is 7.04. The van der Waals surface area contributed by atoms with Crippen molar-refractivity contribution in [3.05, 3.63) is 35.9 Å². The van der Waals surface area contributed by atoms with Crippen LogP contribution in [0.25, 0.3) is 0 Å². The SMILES string of the molecule is CC1(C)S[C@@H]2[C@H](N3C(=O)NC(c4ccccc4)C3=O)C(=O)N2[C@H]1C(=O)O. The molecule has 0 aliphatic carbocycles. The van der Waals surface area contributed by atoms with Crippen molar-refractivity contribution in [3.8, 4) is 0 Å². The Labute approximate surface area is 153 Å². The average Bonchev–Trinajstić information content (AvgIpc) is 3.01. The standard InChI is InChI=1S/C17H17N3O5S/c1-17(2)11(15(23)24)20-13(22)10(14(20)26-17)19-12(21)9(18-16(19)25)8-6-4-3-5-7-8/h3-7,9-11,14H,1-2H3,(H,18,25)(H,23,24)/t9?,10-,11+,14-/m1/s1. The fourth-order valence-electron chi connectivity index (χ4n) is 3.86. The van der Waals surface area contributed by atoms with Gasteiger partial charge in [0.05, 0.1) is 0 Å². The molecule has 4 rings (SSSR count). The number of nitrogens with one attached hydrogen (secondary N) is 1. The molecule has 0 aromatic heterocycles. The van der Waals surface area contributed by atoms with E-state index in [9.17, 15) is 24.3 Å². The molecule has 3 fully saturated rings. The molecule has 3 saturated heterocycles. The van der Waals surface area contributed by atoms with E-state index in [1.807, 2.05) is 0 Å². The van der Waals surface area contributed by atoms with Gasteiger partial charge in [-0.15, -0.1) is 11.8 Å². The van der Waals surface area contributed by atoms with Crippen LogP contribution < -0.4 is 5.32 Å². The van der Waals surface area contributed by atoms with Crippen LogP contribution in [-0.4, -0.2) is 60.9 Å². The van der Waals surface area contributed by atoms with E-state index in [0.29, 0.717) is 5.56 Å². The maximum Gasteiger partial charge on any atom is 0.327 e. The number of hydrogen-bond donors (Lipinski definition) is 2. The van der Waals surface area contributed by atoms with Gasteiger partial charge in [-0.3, -0.25) is 9.59 Å². The number of hydrogen-bond acceptors (Lipinski definition) is 5. The zero-order valence-electron chi connectivity index (χ0n) is 14.1. The third-order valence-electron chi connectivity index (χ3n) is 5.03. The molecule has 26 heavy (non-hydrogen) atoms. The van der Waals surface area contributed by atoms with E-state index >= 15 is 0 Å². The van der Waals surface area contributed by atoms with Crippen LogP contribution in [0.3, 0.4) is 0 Å². The van der Waals surface area contributed by atoms with Crippen LogP contribution in [-0.2, 0) is 14.4 Å². The van der Waals surface area contributed by atoms with E-state index in [4.69, 9.17) is 0 Å². The van der Waals surface area contributed by atoms with E-state index in [1.54, 1.807) is 44.2 Å². The molecule has 0 radical (unpaired) electrons. The highest BCUT2D eigenvalue weighted by molar-refractivity contribution is 8.01. The minimum absolute atomic E-state index is 0.489. The Balaban J connectivity index is 1.62. The summed E-state index contributed by atoms with van der Waals surface area (Å²) in [6, 6.07) is 5.39. The van der Waals surface area contributed by atoms with Gasteiger partial charge >= 0.3 is 12.0 Å². The highest BCUT2D eigenvalue weighted by Gasteiger charge is 2.67. The number of carboxylic acid groups (broad SMARTS) is 1. The lowest BCUT2D eigenvalue weighted by Gasteiger charge is -2.45. The summed E-state index contributed by atoms with van der Waals surface area (Å²) >= 11 is 1.30. The maximum atomic E-state index is 12.8. The Kier molecular flexibility index (Phi) is 3.56. The molecule has 8 nitrogen and oxygen atoms in total. The molecular weight excluding hydrogens is 358 g/mol. The fraction of sp³-hybridized carbons (Fsp3) is 0.412. The van der Waals surface area contributed by atoms with E-state index in [-0.39, 0.29) is 0 Å². The quantitative estimate of drug-likeness (QED) is 0.598. The molecule has 0 saturated carbocycles. The summed E-state index contributed by atoms with van der Waals surface area (Å²) in [5.41, 5.74) is 0.639. The van der Waals surface area contributed by atoms with Gasteiger partial charge in [-0.25, -0.2) is 14.5 Å². The largest absolute Gasteiger partial charge is 0.480 e. The van der Waals surface area contributed by atoms with Crippen molar-refractivity contribution in [1.29, 1.82) is 0 Å². The molecule has 136 valence electrons. The molecule has 2 N–H and O–H groups in total. The van der Waals surface area contributed by atoms with E-state index in [0.717, 1.165) is 4.90 Å². The number of imide groups is 1. The highest BCUT2D eigenvalue weighted by Crippen LogP contribution is 2.52. The van der Waals surface area contributed by atoms with Crippen LogP contribution in [0.1, 0.15) is 25.5 Å². The van der Waals surface area contributed by atoms with Gasteiger partial charge in [0.15, 0.2) is 0 Å². The predicted molar refractivity (Wildman–Crippen MR) is 92.1 cm³/mol. The van der Waals surface area contributed by atoms with Crippen molar-refractivity contribution in [2.24, 2.45) is 0 Å². The Bertz CT molecular complexity index is 827. The first-order valence-corrected chi connectivity index (χ1v) is 9.03. The summed E-state index contributed by atoms with van der Waals surface area (Å²) in [6.45, 7) is 3.50. The van der Waals surface area contributed by atoms with E-state index in [1.165, 1.54) is 16.7 Å². The van der Waals surface area contributed by atoms with Gasteiger partial charge in [0.25, 0.3) is 11.8 Å². The molecule has 9 heteroatoms. The zero-order valence-corrected chi connectivity index (χ0v) is 14.9. The molecule has 1 aromatic carbocycles. The average molecular weight is 375 g/mol. The van der Waals surface area contributed by atoms with Gasteiger partial charge in [0, 0.05) is 4.75 Å². The van der Waals surface area contributed by atoms with Crippen LogP contribution in [0.2, 0.25) is 0 Å². The molecule has 1 aromatic rings. The molecule has 3 aliphatic rings. The summed E-state index contributed by atoms with van der Waals surface area (Å²) in [5, 5.41) is 11.5. The molecule has 3 heterocycles. The number of nitrogens with zero attached hydrogens (tertiary/aromatic N) is 2. The van der Waals surface area contributed by atoms with Crippen molar-refractivity contribution >= 4 is 35.6 Å². The summed E-state index contributed by atoms with van der Waals surface area (Å²) in [4.78, 5) is 51.7. The molecule has 1 unspecified atom stereocenters. The van der Waals surface area contributed by atoms with Crippen LogP contribution >= 0.6 is 11.8 Å². The van der Waals surface area contributed by atoms with Gasteiger partial charge in [0.1, 0.15) is 23.5 Å². The maximum absolute atomic E-state index is 12.8. The highest BCUT2D eigenvalue weighted by atomic mass is 32.2. The minimum Gasteiger partial charge on any atom is -0.480 e. The van der Waals surface area contributed by atoms with E-state index in [2.05, 4.69) is 5.32 Å². The van der Waals surface area contributed by atoms with Crippen molar-refractivity contribution in [1.82, 2.24) is 15.1 Å². The van der Waals surface area contributed by atoms with Crippen molar-refractivity contribution in [2.75, 3.05) is 0 Å². The lowest BCUT2D eigenvalue weighted by molar-refractivity contribution is -0.165. The number of aliphatic carboxylic acids is 1. The number of carbonyl (C=O) groups excluding carboxylic acids is 3. The molecule has 4 atom stereocenters. The van der Waals surface area contributed by atoms with E-state index < -0.39 is 52.1 Å². The Hall–Kier alpha value is -2.55. The zero-order chi connectivity index (χ0) is 18.8. The van der Waals surface area contributed by atoms with Gasteiger partial charge in [-0.05, 0) is 19.4 Å². The Morgan fingerprint density at radius 2 is 1.81 bits per heavy atom. The molecular formula is C17H17N3O5S. The summed E-state index contributed by atoms with van der Waals surface area (Å²) in [6.07, 6.45) is 0. The Morgan fingerprint density at radius 3 is 2.42 bits per heavy atom. The number of β-lactam (4-membered cyclic amide) rings is 1. The lowest BCUT2D eigenvalue weighted by atomic mass is 9.95. The minimum atomic E-state index is -1.09. The third kappa shape index (κ3) is 2.16. The number of urea groups is 1. The van der Waals surface area contributed by atoms with Crippen LogP contribution in [0, 0.1) is 0 Å². The summed E-state index contributed by atoms with van der Waals surface area (Å²) in [7, 11) is 0. The second kappa shape index (κ2) is 5.47. The molecule has 0 spiro atoms. The number of carboxylic acids is 1. The molecule has 4 amide bonds. The molecule has 3 aliphatic heterocycles. The normalized spacial score (nSPS) is 32.3. The van der Waals surface area contributed by atoms with Crippen LogP contribution in [0.5, 0.6) is 0 Å². The van der Waals surface area contributed by atoms with Crippen LogP contribution in [0.15, 0.2) is 30.3 Å². The fourth-order valence-corrected chi connectivity index (χ4v) is 5.53. The van der Waals surface area contributed by atoms with Crippen molar-refractivity contribution < 1.29 is 24.3 Å². The van der Waals surface area contributed by atoms with Gasteiger partial charge in [-0.1, -0.05) is 30.3 Å². The molecule has 0 bridgehead atoms. The smallest absolute Gasteiger partial charge is 0.327 e. The Morgan fingerprint density at radius 1 is 1.15 bits per heavy atom. The topological polar surface area (TPSA) is 107 Å². The number of benzene rings is 1. The van der Waals surface area contributed by atoms with Crippen molar-refractivity contribution in [2.45, 2.75) is 42.1 Å². The second-order valence-corrected chi connectivity index (χ2v) is 8.82. The number of carbonyl (C=O) groups is 4. The lowest BCUT2D eigenvalue weighted by Crippen LogP contribution is -2.71. The van der Waals surface area contributed by atoms with Crippen molar-refractivity contribution in [3.63, 3.8) is 0 Å². The number of rotatable bonds is 3. The number of amides is 4. The summed E-state index contributed by atoms with van der Waals surface area (Å²) < 4.78 is -0.709. The first-order chi connectivity index (χ1) is 12.2. The first-order valence-electron chi connectivity index (χ1n) is 8.15. The first kappa shape index (κ1) is 16.9.